The fraction of sp³-hybridized carbons (Fsp3) is 0.524. The molecule has 2 aromatic rings. The average Bonchev–Trinajstić information content (AvgIpc) is 3.45. The quantitative estimate of drug-likeness (QED) is 0.407. The number of halogens is 1. The number of hydrogen-bond donors (Lipinski definition) is 2. The van der Waals surface area contributed by atoms with Gasteiger partial charge >= 0.3 is 6.03 Å². The molecule has 3 rings (SSSR count). The van der Waals surface area contributed by atoms with Gasteiger partial charge in [0.15, 0.2) is 11.0 Å². The Morgan fingerprint density at radius 3 is 2.60 bits per heavy atom. The highest BCUT2D eigenvalue weighted by atomic mass is 35.5. The fourth-order valence-electron chi connectivity index (χ4n) is 2.96. The van der Waals surface area contributed by atoms with Gasteiger partial charge in [-0.15, -0.1) is 10.2 Å². The maximum atomic E-state index is 12.4. The second-order valence-corrected chi connectivity index (χ2v) is 9.27. The monoisotopic (exact) mass is 449 g/mol. The van der Waals surface area contributed by atoms with Crippen LogP contribution in [0.3, 0.4) is 0 Å². The van der Waals surface area contributed by atoms with Gasteiger partial charge in [-0.3, -0.25) is 10.1 Å². The number of nitrogens with zero attached hydrogens (tertiary/aromatic N) is 3. The average molecular weight is 450 g/mol. The first-order chi connectivity index (χ1) is 14.5. The summed E-state index contributed by atoms with van der Waals surface area (Å²) < 4.78 is 2.05. The van der Waals surface area contributed by atoms with Crippen LogP contribution in [0.1, 0.15) is 52.4 Å². The number of hydrogen-bond acceptors (Lipinski definition) is 5. The molecule has 1 aliphatic carbocycles. The van der Waals surface area contributed by atoms with Gasteiger partial charge < -0.3 is 9.88 Å². The molecule has 2 N–H and O–H groups in total. The largest absolute Gasteiger partial charge is 0.335 e. The lowest BCUT2D eigenvalue weighted by Gasteiger charge is -2.14. The van der Waals surface area contributed by atoms with Crippen LogP contribution in [-0.4, -0.2) is 38.0 Å². The second-order valence-electron chi connectivity index (χ2n) is 7.52. The van der Waals surface area contributed by atoms with Crippen molar-refractivity contribution >= 4 is 35.3 Å². The van der Waals surface area contributed by atoms with Crippen LogP contribution in [0, 0.1) is 0 Å². The summed E-state index contributed by atoms with van der Waals surface area (Å²) in [6.07, 6.45) is 6.41. The van der Waals surface area contributed by atoms with E-state index in [0.29, 0.717) is 10.2 Å². The van der Waals surface area contributed by atoms with Crippen molar-refractivity contribution in [3.63, 3.8) is 0 Å². The van der Waals surface area contributed by atoms with E-state index in [9.17, 15) is 9.59 Å². The van der Waals surface area contributed by atoms with E-state index in [0.717, 1.165) is 50.0 Å². The Labute approximate surface area is 186 Å². The molecule has 1 heterocycles. The van der Waals surface area contributed by atoms with E-state index in [2.05, 4.69) is 32.3 Å². The Morgan fingerprint density at radius 2 is 1.93 bits per heavy atom. The normalized spacial score (nSPS) is 14.4. The lowest BCUT2D eigenvalue weighted by molar-refractivity contribution is -0.119. The predicted molar refractivity (Wildman–Crippen MR) is 120 cm³/mol. The van der Waals surface area contributed by atoms with Gasteiger partial charge in [-0.25, -0.2) is 4.79 Å². The first-order valence-corrected chi connectivity index (χ1v) is 11.7. The molecule has 30 heavy (non-hydrogen) atoms. The molecule has 1 atom stereocenters. The maximum Gasteiger partial charge on any atom is 0.321 e. The van der Waals surface area contributed by atoms with E-state index in [4.69, 9.17) is 11.6 Å². The third kappa shape index (κ3) is 6.47. The number of imide groups is 1. The zero-order valence-corrected chi connectivity index (χ0v) is 18.9. The number of thioether (sulfide) groups is 1. The van der Waals surface area contributed by atoms with Crippen LogP contribution >= 0.6 is 23.4 Å². The molecule has 7 nitrogen and oxygen atoms in total. The number of nitrogens with one attached hydrogen (secondary N) is 2. The Morgan fingerprint density at radius 1 is 1.20 bits per heavy atom. The van der Waals surface area contributed by atoms with Crippen LogP contribution in [0.2, 0.25) is 5.02 Å². The topological polar surface area (TPSA) is 88.9 Å². The van der Waals surface area contributed by atoms with E-state index < -0.39 is 11.3 Å². The summed E-state index contributed by atoms with van der Waals surface area (Å²) in [6, 6.07) is 7.26. The number of rotatable bonds is 10. The molecule has 1 saturated carbocycles. The van der Waals surface area contributed by atoms with E-state index in [1.165, 1.54) is 18.2 Å². The van der Waals surface area contributed by atoms with Crippen LogP contribution in [0.4, 0.5) is 4.79 Å². The molecule has 1 aromatic heterocycles. The van der Waals surface area contributed by atoms with Crippen molar-refractivity contribution < 1.29 is 9.59 Å². The van der Waals surface area contributed by atoms with Crippen molar-refractivity contribution in [2.24, 2.45) is 0 Å². The highest BCUT2D eigenvalue weighted by Gasteiger charge is 2.26. The number of aromatic nitrogens is 3. The zero-order valence-electron chi connectivity index (χ0n) is 17.4. The highest BCUT2D eigenvalue weighted by molar-refractivity contribution is 8.00. The van der Waals surface area contributed by atoms with Crippen molar-refractivity contribution in [3.8, 4) is 11.4 Å². The van der Waals surface area contributed by atoms with Crippen LogP contribution in [0.5, 0.6) is 0 Å². The number of benzene rings is 1. The lowest BCUT2D eigenvalue weighted by atomic mass is 10.2. The van der Waals surface area contributed by atoms with Crippen molar-refractivity contribution in [3.05, 3.63) is 29.3 Å². The van der Waals surface area contributed by atoms with Gasteiger partial charge in [-0.2, -0.15) is 0 Å². The molecule has 9 heteroatoms. The Balaban J connectivity index is 1.70. The molecular formula is C21H28ClN5O2S. The van der Waals surface area contributed by atoms with Crippen LogP contribution in [0.25, 0.3) is 11.4 Å². The first-order valence-electron chi connectivity index (χ1n) is 10.4. The number of unbranched alkanes of at least 4 members (excludes halogenated alkanes) is 3. The molecular weight excluding hydrogens is 422 g/mol. The Bertz CT molecular complexity index is 867. The fourth-order valence-corrected chi connectivity index (χ4v) is 3.96. The van der Waals surface area contributed by atoms with Gasteiger partial charge in [0.05, 0.1) is 5.25 Å². The van der Waals surface area contributed by atoms with Crippen LogP contribution < -0.4 is 10.6 Å². The van der Waals surface area contributed by atoms with Crippen LogP contribution in [0.15, 0.2) is 29.4 Å². The minimum absolute atomic E-state index is 0.203. The Hall–Kier alpha value is -2.06. The van der Waals surface area contributed by atoms with E-state index in [-0.39, 0.29) is 11.9 Å². The third-order valence-corrected chi connectivity index (χ3v) is 6.19. The van der Waals surface area contributed by atoms with Crippen LogP contribution in [-0.2, 0) is 11.3 Å². The van der Waals surface area contributed by atoms with Gasteiger partial charge in [-0.05, 0) is 50.5 Å². The van der Waals surface area contributed by atoms with Gasteiger partial charge in [0.1, 0.15) is 0 Å². The van der Waals surface area contributed by atoms with Crippen molar-refractivity contribution in [2.45, 2.75) is 75.4 Å². The molecule has 3 amide bonds. The number of carbonyl (C=O) groups excluding carboxylic acids is 2. The summed E-state index contributed by atoms with van der Waals surface area (Å²) in [6.45, 7) is 4.71. The van der Waals surface area contributed by atoms with E-state index in [1.54, 1.807) is 6.92 Å². The maximum absolute atomic E-state index is 12.4. The lowest BCUT2D eigenvalue weighted by Crippen LogP contribution is -2.43. The molecule has 0 bridgehead atoms. The van der Waals surface area contributed by atoms with Gasteiger partial charge in [-0.1, -0.05) is 49.5 Å². The smallest absolute Gasteiger partial charge is 0.321 e. The molecule has 0 saturated heterocycles. The summed E-state index contributed by atoms with van der Waals surface area (Å²) in [7, 11) is 0. The molecule has 1 unspecified atom stereocenters. The molecule has 1 aliphatic rings. The zero-order chi connectivity index (χ0) is 21.5. The van der Waals surface area contributed by atoms with Gasteiger partial charge in [0, 0.05) is 23.2 Å². The first kappa shape index (κ1) is 22.6. The van der Waals surface area contributed by atoms with E-state index in [1.807, 2.05) is 24.3 Å². The Kier molecular flexibility index (Phi) is 8.16. The summed E-state index contributed by atoms with van der Waals surface area (Å²) in [4.78, 5) is 24.3. The second kappa shape index (κ2) is 10.8. The minimum atomic E-state index is -0.480. The summed E-state index contributed by atoms with van der Waals surface area (Å²) >= 11 is 7.33. The number of amides is 3. The highest BCUT2D eigenvalue weighted by Crippen LogP contribution is 2.28. The minimum Gasteiger partial charge on any atom is -0.335 e. The van der Waals surface area contributed by atoms with Crippen molar-refractivity contribution in [1.29, 1.82) is 0 Å². The predicted octanol–water partition coefficient (Wildman–Crippen LogP) is 4.65. The number of urea groups is 1. The summed E-state index contributed by atoms with van der Waals surface area (Å²) in [5.41, 5.74) is 0.926. The van der Waals surface area contributed by atoms with Crippen molar-refractivity contribution in [1.82, 2.24) is 25.4 Å². The molecule has 1 aromatic carbocycles. The standard InChI is InChI=1S/C21H28ClN5O2S/c1-3-4-5-6-13-27-18(15-7-9-16(22)10-8-15)25-26-21(27)30-14(2)19(28)24-20(29)23-17-11-12-17/h7-10,14,17H,3-6,11-13H2,1-2H3,(H2,23,24,28,29). The molecule has 0 radical (unpaired) electrons. The van der Waals surface area contributed by atoms with Crippen molar-refractivity contribution in [2.75, 3.05) is 0 Å². The SMILES string of the molecule is CCCCCCn1c(SC(C)C(=O)NC(=O)NC2CC2)nnc1-c1ccc(Cl)cc1. The summed E-state index contributed by atoms with van der Waals surface area (Å²) in [5, 5.41) is 14.7. The number of carbonyl (C=O) groups is 2. The van der Waals surface area contributed by atoms with E-state index >= 15 is 0 Å². The summed E-state index contributed by atoms with van der Waals surface area (Å²) in [5.74, 6) is 0.413. The molecule has 0 aliphatic heterocycles. The molecule has 1 fully saturated rings. The third-order valence-electron chi connectivity index (χ3n) is 4.86. The van der Waals surface area contributed by atoms with Gasteiger partial charge in [0.2, 0.25) is 5.91 Å². The molecule has 0 spiro atoms. The van der Waals surface area contributed by atoms with Gasteiger partial charge in [0.25, 0.3) is 0 Å². The molecule has 162 valence electrons.